The number of alkyl halides is 1. The molecule has 0 saturated carbocycles. The molecule has 1 spiro atoms. The number of hydrogen-bond donors (Lipinski definition) is 1. The van der Waals surface area contributed by atoms with Crippen molar-refractivity contribution in [2.24, 2.45) is 11.8 Å². The molecule has 0 aromatic heterocycles. The van der Waals surface area contributed by atoms with Gasteiger partial charge in [-0.1, -0.05) is 34.7 Å². The van der Waals surface area contributed by atoms with Crippen LogP contribution in [0.15, 0.2) is 49.6 Å². The van der Waals surface area contributed by atoms with Gasteiger partial charge in [0.25, 0.3) is 5.91 Å². The van der Waals surface area contributed by atoms with Gasteiger partial charge in [-0.15, -0.1) is 6.58 Å². The molecule has 3 aliphatic heterocycles. The van der Waals surface area contributed by atoms with Crippen molar-refractivity contribution in [2.75, 3.05) is 49.2 Å². The maximum absolute atomic E-state index is 14.5. The number of aliphatic hydroxyl groups excluding tert-OH is 1. The van der Waals surface area contributed by atoms with Crippen LogP contribution in [0.1, 0.15) is 26.7 Å². The molecule has 2 amide bonds. The number of nitrogens with zero attached hydrogens (tertiary/aromatic N) is 3. The molecule has 212 valence electrons. The number of carbonyl (C=O) groups is 3. The van der Waals surface area contributed by atoms with Gasteiger partial charge >= 0.3 is 5.97 Å². The minimum Gasteiger partial charge on any atom is -0.461 e. The van der Waals surface area contributed by atoms with Gasteiger partial charge in [0.15, 0.2) is 0 Å². The molecule has 2 bridgehead atoms. The van der Waals surface area contributed by atoms with Crippen LogP contribution < -0.4 is 9.80 Å². The fourth-order valence-electron chi connectivity index (χ4n) is 6.43. The molecule has 0 aliphatic carbocycles. The van der Waals surface area contributed by atoms with Crippen LogP contribution in [-0.4, -0.2) is 89.8 Å². The minimum atomic E-state index is -1.19. The number of amides is 2. The predicted octanol–water partition coefficient (Wildman–Crippen LogP) is 2.91. The van der Waals surface area contributed by atoms with Crippen LogP contribution in [0, 0.1) is 11.8 Å². The Morgan fingerprint density at radius 2 is 1.87 bits per heavy atom. The minimum absolute atomic E-state index is 0.0239. The topological polar surface area (TPSA) is 99.6 Å². The Hall–Kier alpha value is -2.69. The van der Waals surface area contributed by atoms with Crippen molar-refractivity contribution in [1.82, 2.24) is 4.90 Å². The van der Waals surface area contributed by atoms with Crippen molar-refractivity contribution < 1.29 is 29.0 Å². The molecule has 9 nitrogen and oxygen atoms in total. The van der Waals surface area contributed by atoms with E-state index >= 15 is 0 Å². The number of esters is 1. The Kier molecular flexibility index (Phi) is 9.18. The number of hydrogen-bond acceptors (Lipinski definition) is 7. The molecule has 3 fully saturated rings. The van der Waals surface area contributed by atoms with Crippen molar-refractivity contribution in [2.45, 2.75) is 49.3 Å². The summed E-state index contributed by atoms with van der Waals surface area (Å²) in [6, 6.07) is 6.79. The highest BCUT2D eigenvalue weighted by molar-refractivity contribution is 9.09. The standard InChI is InChI=1S/C29H38BrN3O6/c1-5-14-32(20-12-10-19(11-13-20)31(7-3)8-4)27(36)25-29-18-21(30)24(39-29)22(28(37)38-17-6-2)23(29)26(35)33(25)15-9-16-34/h5-6,10-13,21-25,34H,1-2,7-9,14-18H2,3-4H3/t21?,22-,23+,24-,25?,29?/m1/s1. The molecule has 1 N–H and O–H groups in total. The largest absolute Gasteiger partial charge is 0.461 e. The fraction of sp³-hybridized carbons (Fsp3) is 0.552. The number of carbonyl (C=O) groups excluding carboxylic acids is 3. The summed E-state index contributed by atoms with van der Waals surface area (Å²) < 4.78 is 11.9. The first-order valence-corrected chi connectivity index (χ1v) is 14.5. The number of likely N-dealkylation sites (tertiary alicyclic amines) is 1. The number of aliphatic hydroxyl groups is 1. The van der Waals surface area contributed by atoms with Crippen molar-refractivity contribution in [3.05, 3.63) is 49.6 Å². The molecule has 3 saturated heterocycles. The van der Waals surface area contributed by atoms with Gasteiger partial charge in [0.05, 0.1) is 17.9 Å². The van der Waals surface area contributed by atoms with Crippen molar-refractivity contribution in [3.63, 3.8) is 0 Å². The molecule has 3 aliphatic rings. The summed E-state index contributed by atoms with van der Waals surface area (Å²) in [5, 5.41) is 9.56. The summed E-state index contributed by atoms with van der Waals surface area (Å²) in [4.78, 5) is 46.6. The Bertz CT molecular complexity index is 1090. The molecule has 39 heavy (non-hydrogen) atoms. The normalized spacial score (nSPS) is 28.8. The molecule has 3 heterocycles. The predicted molar refractivity (Wildman–Crippen MR) is 153 cm³/mol. The van der Waals surface area contributed by atoms with E-state index in [9.17, 15) is 19.5 Å². The lowest BCUT2D eigenvalue weighted by Gasteiger charge is -2.37. The second-order valence-electron chi connectivity index (χ2n) is 10.1. The van der Waals surface area contributed by atoms with E-state index in [2.05, 4.69) is 47.8 Å². The third-order valence-electron chi connectivity index (χ3n) is 8.06. The van der Waals surface area contributed by atoms with Crippen molar-refractivity contribution in [1.29, 1.82) is 0 Å². The fourth-order valence-corrected chi connectivity index (χ4v) is 7.37. The van der Waals surface area contributed by atoms with Gasteiger partial charge in [-0.25, -0.2) is 0 Å². The first-order valence-electron chi connectivity index (χ1n) is 13.6. The Morgan fingerprint density at radius 1 is 1.21 bits per heavy atom. The lowest BCUT2D eigenvalue weighted by Crippen LogP contribution is -2.57. The van der Waals surface area contributed by atoms with E-state index in [1.165, 1.54) is 11.0 Å². The van der Waals surface area contributed by atoms with Gasteiger partial charge in [-0.2, -0.15) is 0 Å². The van der Waals surface area contributed by atoms with Crippen LogP contribution in [0.3, 0.4) is 0 Å². The molecule has 6 atom stereocenters. The second-order valence-corrected chi connectivity index (χ2v) is 11.3. The van der Waals surface area contributed by atoms with E-state index in [1.54, 1.807) is 11.0 Å². The highest BCUT2D eigenvalue weighted by Crippen LogP contribution is 2.60. The molecule has 3 unspecified atom stereocenters. The summed E-state index contributed by atoms with van der Waals surface area (Å²) in [7, 11) is 0. The molecular formula is C29H38BrN3O6. The lowest BCUT2D eigenvalue weighted by atomic mass is 9.70. The van der Waals surface area contributed by atoms with E-state index in [0.717, 1.165) is 18.8 Å². The van der Waals surface area contributed by atoms with Crippen LogP contribution in [-0.2, 0) is 23.9 Å². The SMILES string of the molecule is C=CCOC(=O)[C@H]1[C@@H]2OC3(CC2Br)C(C(=O)N(CC=C)c2ccc(N(CC)CC)cc2)N(CCCO)C(=O)[C@H]13. The number of halogens is 1. The van der Waals surface area contributed by atoms with Crippen LogP contribution >= 0.6 is 15.9 Å². The number of anilines is 2. The maximum Gasteiger partial charge on any atom is 0.312 e. The zero-order chi connectivity index (χ0) is 28.3. The second kappa shape index (κ2) is 12.2. The van der Waals surface area contributed by atoms with E-state index in [-0.39, 0.29) is 42.9 Å². The summed E-state index contributed by atoms with van der Waals surface area (Å²) in [6.07, 6.45) is 3.23. The quantitative estimate of drug-likeness (QED) is 0.210. The monoisotopic (exact) mass is 603 g/mol. The Balaban J connectivity index is 1.73. The molecule has 0 radical (unpaired) electrons. The maximum atomic E-state index is 14.5. The Labute approximate surface area is 238 Å². The summed E-state index contributed by atoms with van der Waals surface area (Å²) in [6.45, 7) is 13.6. The van der Waals surface area contributed by atoms with Gasteiger partial charge in [-0.05, 0) is 51.0 Å². The first-order chi connectivity index (χ1) is 18.8. The van der Waals surface area contributed by atoms with E-state index in [0.29, 0.717) is 18.5 Å². The Morgan fingerprint density at radius 3 is 2.46 bits per heavy atom. The average molecular weight is 605 g/mol. The lowest BCUT2D eigenvalue weighted by molar-refractivity contribution is -0.153. The number of benzene rings is 1. The third kappa shape index (κ3) is 5.02. The highest BCUT2D eigenvalue weighted by Gasteiger charge is 2.77. The molecule has 4 rings (SSSR count). The summed E-state index contributed by atoms with van der Waals surface area (Å²) in [5.74, 6) is -2.85. The third-order valence-corrected chi connectivity index (χ3v) is 8.91. The van der Waals surface area contributed by atoms with Crippen LogP contribution in [0.5, 0.6) is 0 Å². The van der Waals surface area contributed by atoms with Gasteiger partial charge in [-0.3, -0.25) is 14.4 Å². The number of ether oxygens (including phenoxy) is 2. The molecule has 10 heteroatoms. The zero-order valence-corrected chi connectivity index (χ0v) is 24.2. The van der Waals surface area contributed by atoms with Crippen LogP contribution in [0.25, 0.3) is 0 Å². The zero-order valence-electron chi connectivity index (χ0n) is 22.6. The molecule has 1 aromatic rings. The summed E-state index contributed by atoms with van der Waals surface area (Å²) in [5.41, 5.74) is 0.533. The van der Waals surface area contributed by atoms with Crippen molar-refractivity contribution >= 4 is 45.1 Å². The van der Waals surface area contributed by atoms with Crippen LogP contribution in [0.2, 0.25) is 0 Å². The van der Waals surface area contributed by atoms with Gasteiger partial charge in [0.1, 0.15) is 18.2 Å². The summed E-state index contributed by atoms with van der Waals surface area (Å²) >= 11 is 3.65. The van der Waals surface area contributed by atoms with E-state index in [1.807, 2.05) is 24.3 Å². The number of rotatable bonds is 13. The number of fused-ring (bicyclic) bond motifs is 1. The van der Waals surface area contributed by atoms with Gasteiger partial charge in [0.2, 0.25) is 5.91 Å². The first kappa shape index (κ1) is 29.3. The van der Waals surface area contributed by atoms with Gasteiger partial charge in [0, 0.05) is 49.0 Å². The highest BCUT2D eigenvalue weighted by atomic mass is 79.9. The molecular weight excluding hydrogens is 566 g/mol. The van der Waals surface area contributed by atoms with E-state index in [4.69, 9.17) is 9.47 Å². The van der Waals surface area contributed by atoms with Gasteiger partial charge < -0.3 is 29.3 Å². The van der Waals surface area contributed by atoms with Crippen LogP contribution in [0.4, 0.5) is 11.4 Å². The van der Waals surface area contributed by atoms with Crippen molar-refractivity contribution in [3.8, 4) is 0 Å². The molecule has 1 aromatic carbocycles. The average Bonchev–Trinajstić information content (AvgIpc) is 3.53. The van der Waals surface area contributed by atoms with E-state index < -0.39 is 35.6 Å². The smallest absolute Gasteiger partial charge is 0.312 e.